The Morgan fingerprint density at radius 2 is 2.08 bits per heavy atom. The molecule has 2 heterocycles. The van der Waals surface area contributed by atoms with Crippen molar-refractivity contribution in [2.75, 3.05) is 32.8 Å². The maximum absolute atomic E-state index is 5.38. The summed E-state index contributed by atoms with van der Waals surface area (Å²) in [7, 11) is 0. The van der Waals surface area contributed by atoms with Crippen molar-refractivity contribution in [3.8, 4) is 0 Å². The predicted octanol–water partition coefficient (Wildman–Crippen LogP) is 0.459. The van der Waals surface area contributed by atoms with E-state index in [1.165, 1.54) is 19.4 Å². The summed E-state index contributed by atoms with van der Waals surface area (Å²) < 4.78 is 5.38. The summed E-state index contributed by atoms with van der Waals surface area (Å²) in [6.07, 6.45) is 2.45. The zero-order valence-corrected chi connectivity index (χ0v) is 8.46. The highest BCUT2D eigenvalue weighted by Crippen LogP contribution is 2.17. The summed E-state index contributed by atoms with van der Waals surface area (Å²) in [5, 5.41) is 3.43. The second-order valence-electron chi connectivity index (χ2n) is 4.13. The molecule has 0 aromatic rings. The molecule has 1 atom stereocenters. The van der Waals surface area contributed by atoms with Crippen LogP contribution in [0.1, 0.15) is 19.8 Å². The molecule has 2 fully saturated rings. The molecule has 0 aromatic heterocycles. The van der Waals surface area contributed by atoms with Crippen molar-refractivity contribution in [2.24, 2.45) is 0 Å². The maximum Gasteiger partial charge on any atom is 0.0480 e. The molecule has 2 aliphatic rings. The van der Waals surface area contributed by atoms with Crippen molar-refractivity contribution in [3.63, 3.8) is 0 Å². The van der Waals surface area contributed by atoms with Gasteiger partial charge in [0.2, 0.25) is 0 Å². The molecule has 0 spiro atoms. The minimum Gasteiger partial charge on any atom is -0.381 e. The lowest BCUT2D eigenvalue weighted by molar-refractivity contribution is 0.0128. The molecule has 0 aliphatic carbocycles. The Bertz CT molecular complexity index is 157. The minimum atomic E-state index is 0.705. The molecule has 0 unspecified atom stereocenters. The highest BCUT2D eigenvalue weighted by molar-refractivity contribution is 4.83. The van der Waals surface area contributed by atoms with Crippen molar-refractivity contribution in [2.45, 2.75) is 31.8 Å². The van der Waals surface area contributed by atoms with Crippen LogP contribution in [0.15, 0.2) is 0 Å². The molecule has 2 rings (SSSR count). The highest BCUT2D eigenvalue weighted by Gasteiger charge is 2.26. The van der Waals surface area contributed by atoms with Gasteiger partial charge in [-0.05, 0) is 19.8 Å². The molecule has 2 saturated heterocycles. The number of nitrogens with zero attached hydrogens (tertiary/aromatic N) is 1. The Hall–Kier alpha value is -0.120. The van der Waals surface area contributed by atoms with Crippen LogP contribution in [0.2, 0.25) is 0 Å². The monoisotopic (exact) mass is 184 g/mol. The number of hydrogen-bond donors (Lipinski definition) is 1. The Balaban J connectivity index is 1.88. The van der Waals surface area contributed by atoms with E-state index in [4.69, 9.17) is 4.74 Å². The van der Waals surface area contributed by atoms with Crippen molar-refractivity contribution >= 4 is 0 Å². The fraction of sp³-hybridized carbons (Fsp3) is 1.00. The second-order valence-corrected chi connectivity index (χ2v) is 4.13. The quantitative estimate of drug-likeness (QED) is 0.641. The van der Waals surface area contributed by atoms with Crippen LogP contribution in [0.5, 0.6) is 0 Å². The van der Waals surface area contributed by atoms with Crippen LogP contribution in [-0.2, 0) is 4.74 Å². The van der Waals surface area contributed by atoms with Gasteiger partial charge in [-0.1, -0.05) is 0 Å². The summed E-state index contributed by atoms with van der Waals surface area (Å²) in [6, 6.07) is 1.49. The van der Waals surface area contributed by atoms with E-state index in [1.807, 2.05) is 0 Å². The largest absolute Gasteiger partial charge is 0.381 e. The van der Waals surface area contributed by atoms with E-state index in [-0.39, 0.29) is 0 Å². The first kappa shape index (κ1) is 9.44. The van der Waals surface area contributed by atoms with Gasteiger partial charge in [-0.3, -0.25) is 4.90 Å². The van der Waals surface area contributed by atoms with Gasteiger partial charge in [0.05, 0.1) is 0 Å². The third kappa shape index (κ3) is 2.22. The van der Waals surface area contributed by atoms with Gasteiger partial charge in [-0.15, -0.1) is 0 Å². The van der Waals surface area contributed by atoms with Crippen molar-refractivity contribution in [3.05, 3.63) is 0 Å². The number of piperazine rings is 1. The Labute approximate surface area is 80.4 Å². The fourth-order valence-corrected chi connectivity index (χ4v) is 2.42. The minimum absolute atomic E-state index is 0.705. The summed E-state index contributed by atoms with van der Waals surface area (Å²) >= 11 is 0. The van der Waals surface area contributed by atoms with Gasteiger partial charge < -0.3 is 10.1 Å². The fourth-order valence-electron chi connectivity index (χ4n) is 2.42. The van der Waals surface area contributed by atoms with Crippen LogP contribution in [0, 0.1) is 0 Å². The average molecular weight is 184 g/mol. The lowest BCUT2D eigenvalue weighted by Gasteiger charge is -2.41. The molecule has 3 nitrogen and oxygen atoms in total. The average Bonchev–Trinajstić information content (AvgIpc) is 2.20. The molecular weight excluding hydrogens is 164 g/mol. The van der Waals surface area contributed by atoms with Gasteiger partial charge in [-0.2, -0.15) is 0 Å². The Morgan fingerprint density at radius 3 is 2.77 bits per heavy atom. The third-order valence-corrected chi connectivity index (χ3v) is 3.21. The first-order valence-corrected chi connectivity index (χ1v) is 5.42. The molecule has 76 valence electrons. The molecular formula is C10H20N2O. The van der Waals surface area contributed by atoms with E-state index in [0.717, 1.165) is 32.3 Å². The van der Waals surface area contributed by atoms with E-state index in [0.29, 0.717) is 6.04 Å². The van der Waals surface area contributed by atoms with E-state index in [9.17, 15) is 0 Å². The second kappa shape index (κ2) is 4.40. The highest BCUT2D eigenvalue weighted by atomic mass is 16.5. The summed E-state index contributed by atoms with van der Waals surface area (Å²) in [6.45, 7) is 7.76. The zero-order chi connectivity index (χ0) is 9.10. The molecule has 0 amide bonds. The topological polar surface area (TPSA) is 24.5 Å². The molecule has 0 bridgehead atoms. The first-order chi connectivity index (χ1) is 6.38. The van der Waals surface area contributed by atoms with Gasteiger partial charge in [0.15, 0.2) is 0 Å². The first-order valence-electron chi connectivity index (χ1n) is 5.42. The molecule has 2 aliphatic heterocycles. The molecule has 0 aromatic carbocycles. The zero-order valence-electron chi connectivity index (χ0n) is 8.46. The predicted molar refractivity (Wildman–Crippen MR) is 52.9 cm³/mol. The van der Waals surface area contributed by atoms with Gasteiger partial charge in [0, 0.05) is 44.9 Å². The summed E-state index contributed by atoms with van der Waals surface area (Å²) in [4.78, 5) is 2.65. The van der Waals surface area contributed by atoms with Gasteiger partial charge >= 0.3 is 0 Å². The maximum atomic E-state index is 5.38. The smallest absolute Gasteiger partial charge is 0.0480 e. The number of hydrogen-bond acceptors (Lipinski definition) is 3. The van der Waals surface area contributed by atoms with Crippen LogP contribution >= 0.6 is 0 Å². The van der Waals surface area contributed by atoms with Crippen LogP contribution < -0.4 is 5.32 Å². The van der Waals surface area contributed by atoms with Crippen LogP contribution in [0.25, 0.3) is 0 Å². The summed E-state index contributed by atoms with van der Waals surface area (Å²) in [5.74, 6) is 0. The van der Waals surface area contributed by atoms with Crippen molar-refractivity contribution in [1.82, 2.24) is 10.2 Å². The third-order valence-electron chi connectivity index (χ3n) is 3.21. The Morgan fingerprint density at radius 1 is 1.31 bits per heavy atom. The van der Waals surface area contributed by atoms with Crippen LogP contribution in [0.4, 0.5) is 0 Å². The van der Waals surface area contributed by atoms with Gasteiger partial charge in [0.25, 0.3) is 0 Å². The van der Waals surface area contributed by atoms with E-state index >= 15 is 0 Å². The number of nitrogens with one attached hydrogen (secondary N) is 1. The molecule has 13 heavy (non-hydrogen) atoms. The SMILES string of the molecule is C[C@H]1CNCCN1C1CCOCC1. The number of rotatable bonds is 1. The van der Waals surface area contributed by atoms with Crippen LogP contribution in [-0.4, -0.2) is 49.8 Å². The van der Waals surface area contributed by atoms with Crippen molar-refractivity contribution < 1.29 is 4.74 Å². The normalized spacial score (nSPS) is 33.5. The molecule has 0 radical (unpaired) electrons. The van der Waals surface area contributed by atoms with Crippen LogP contribution in [0.3, 0.4) is 0 Å². The lowest BCUT2D eigenvalue weighted by Crippen LogP contribution is -2.55. The molecule has 1 N–H and O–H groups in total. The standard InChI is InChI=1S/C10H20N2O/c1-9-8-11-4-5-12(9)10-2-6-13-7-3-10/h9-11H,2-8H2,1H3/t9-/m0/s1. The molecule has 0 saturated carbocycles. The lowest BCUT2D eigenvalue weighted by atomic mass is 10.0. The molecule has 3 heteroatoms. The summed E-state index contributed by atoms with van der Waals surface area (Å²) in [5.41, 5.74) is 0. The van der Waals surface area contributed by atoms with Crippen molar-refractivity contribution in [1.29, 1.82) is 0 Å². The van der Waals surface area contributed by atoms with E-state index in [1.54, 1.807) is 0 Å². The number of ether oxygens (including phenoxy) is 1. The Kier molecular flexibility index (Phi) is 3.19. The van der Waals surface area contributed by atoms with Gasteiger partial charge in [-0.25, -0.2) is 0 Å². The van der Waals surface area contributed by atoms with E-state index < -0.39 is 0 Å². The van der Waals surface area contributed by atoms with E-state index in [2.05, 4.69) is 17.1 Å². The van der Waals surface area contributed by atoms with Gasteiger partial charge in [0.1, 0.15) is 0 Å².